The summed E-state index contributed by atoms with van der Waals surface area (Å²) in [4.78, 5) is 12.7. The van der Waals surface area contributed by atoms with Crippen LogP contribution in [0.3, 0.4) is 0 Å². The third kappa shape index (κ3) is 4.22. The zero-order valence-electron chi connectivity index (χ0n) is 17.8. The van der Waals surface area contributed by atoms with E-state index in [-0.39, 0.29) is 23.4 Å². The van der Waals surface area contributed by atoms with Crippen LogP contribution in [0.1, 0.15) is 17.5 Å². The number of rotatable bonds is 4. The van der Waals surface area contributed by atoms with Gasteiger partial charge >= 0.3 is 18.4 Å². The molecule has 1 atom stereocenters. The molecule has 3 rings (SSSR count). The molecule has 6 nitrogen and oxygen atoms in total. The fraction of sp³-hybridized carbons (Fsp3) is 0.381. The van der Waals surface area contributed by atoms with Gasteiger partial charge in [-0.15, -0.1) is 0 Å². The van der Waals surface area contributed by atoms with Crippen molar-refractivity contribution >= 4 is 15.9 Å². The quantitative estimate of drug-likeness (QED) is 0.473. The molecule has 0 radical (unpaired) electrons. The summed E-state index contributed by atoms with van der Waals surface area (Å²) in [5, 5.41) is 9.61. The van der Waals surface area contributed by atoms with Gasteiger partial charge in [-0.2, -0.15) is 26.3 Å². The van der Waals surface area contributed by atoms with Gasteiger partial charge < -0.3 is 14.7 Å². The van der Waals surface area contributed by atoms with Crippen LogP contribution in [0.15, 0.2) is 53.4 Å². The number of carbonyl (C=O) groups excluding carboxylic acids is 1. The Balaban J connectivity index is 2.18. The number of benzene rings is 2. The highest BCUT2D eigenvalue weighted by Gasteiger charge is 2.71. The SMILES string of the molecule is COC(=O)N1CCC(c2ccc(C(O)(C(F)(F)F)C(F)(F)F)cc2)(S(=O)(=O)c2ccc(F)cc2)C1. The molecule has 0 aromatic heterocycles. The number of nitrogens with zero attached hydrogens (tertiary/aromatic N) is 1. The average molecular weight is 529 g/mol. The lowest BCUT2D eigenvalue weighted by molar-refractivity contribution is -0.376. The molecule has 1 aliphatic rings. The molecule has 1 unspecified atom stereocenters. The molecule has 0 aliphatic carbocycles. The molecule has 14 heteroatoms. The Bertz CT molecular complexity index is 1180. The molecule has 0 spiro atoms. The summed E-state index contributed by atoms with van der Waals surface area (Å²) in [7, 11) is -3.43. The highest BCUT2D eigenvalue weighted by molar-refractivity contribution is 7.92. The number of sulfone groups is 1. The van der Waals surface area contributed by atoms with Crippen LogP contribution < -0.4 is 0 Å². The number of alkyl halides is 6. The van der Waals surface area contributed by atoms with Crippen LogP contribution in [0.25, 0.3) is 0 Å². The summed E-state index contributed by atoms with van der Waals surface area (Å²) in [5.41, 5.74) is -7.00. The summed E-state index contributed by atoms with van der Waals surface area (Å²) in [5.74, 6) is -0.747. The number of amides is 1. The third-order valence-corrected chi connectivity index (χ3v) is 8.44. The van der Waals surface area contributed by atoms with E-state index in [2.05, 4.69) is 4.74 Å². The number of likely N-dealkylation sites (tertiary alicyclic amines) is 1. The summed E-state index contributed by atoms with van der Waals surface area (Å²) in [6.07, 6.45) is -13.4. The number of hydrogen-bond acceptors (Lipinski definition) is 5. The summed E-state index contributed by atoms with van der Waals surface area (Å²) in [6.45, 7) is -0.703. The fourth-order valence-corrected chi connectivity index (χ4v) is 6.10. The average Bonchev–Trinajstić information content (AvgIpc) is 3.24. The van der Waals surface area contributed by atoms with E-state index < -0.39 is 56.6 Å². The van der Waals surface area contributed by atoms with Gasteiger partial charge in [0.1, 0.15) is 10.6 Å². The number of methoxy groups -OCH3 is 1. The van der Waals surface area contributed by atoms with Crippen molar-refractivity contribution in [2.75, 3.05) is 20.2 Å². The smallest absolute Gasteiger partial charge is 0.430 e. The number of halogens is 7. The minimum Gasteiger partial charge on any atom is -0.453 e. The number of carbonyl (C=O) groups is 1. The van der Waals surface area contributed by atoms with Crippen molar-refractivity contribution < 1.29 is 53.8 Å². The zero-order chi connectivity index (χ0) is 26.4. The van der Waals surface area contributed by atoms with Crippen LogP contribution >= 0.6 is 0 Å². The van der Waals surface area contributed by atoms with Crippen molar-refractivity contribution in [1.29, 1.82) is 0 Å². The molecule has 35 heavy (non-hydrogen) atoms. The van der Waals surface area contributed by atoms with Gasteiger partial charge in [-0.1, -0.05) is 24.3 Å². The van der Waals surface area contributed by atoms with E-state index in [0.29, 0.717) is 12.1 Å². The molecule has 0 bridgehead atoms. The third-order valence-electron chi connectivity index (χ3n) is 5.95. The molecule has 1 N–H and O–H groups in total. The van der Waals surface area contributed by atoms with E-state index in [1.54, 1.807) is 0 Å². The van der Waals surface area contributed by atoms with Crippen LogP contribution in [0, 0.1) is 5.82 Å². The van der Waals surface area contributed by atoms with Gasteiger partial charge in [0.2, 0.25) is 0 Å². The maximum absolute atomic E-state index is 13.6. The van der Waals surface area contributed by atoms with Crippen molar-refractivity contribution in [1.82, 2.24) is 4.90 Å². The van der Waals surface area contributed by atoms with Crippen molar-refractivity contribution in [3.8, 4) is 0 Å². The normalized spacial score (nSPS) is 19.6. The van der Waals surface area contributed by atoms with Crippen LogP contribution in [-0.2, 0) is 24.9 Å². The monoisotopic (exact) mass is 529 g/mol. The van der Waals surface area contributed by atoms with Gasteiger partial charge in [0.25, 0.3) is 5.60 Å². The highest BCUT2D eigenvalue weighted by atomic mass is 32.2. The molecular weight excluding hydrogens is 511 g/mol. The van der Waals surface area contributed by atoms with Gasteiger partial charge in [-0.05, 0) is 36.2 Å². The lowest BCUT2D eigenvalue weighted by Crippen LogP contribution is -2.54. The van der Waals surface area contributed by atoms with E-state index in [1.165, 1.54) is 0 Å². The van der Waals surface area contributed by atoms with Gasteiger partial charge in [0.05, 0.1) is 12.0 Å². The van der Waals surface area contributed by atoms with Crippen molar-refractivity contribution in [2.24, 2.45) is 0 Å². The second-order valence-electron chi connectivity index (χ2n) is 7.88. The van der Waals surface area contributed by atoms with Gasteiger partial charge in [0.15, 0.2) is 9.84 Å². The first-order chi connectivity index (χ1) is 16.0. The van der Waals surface area contributed by atoms with Crippen LogP contribution in [0.4, 0.5) is 35.5 Å². The van der Waals surface area contributed by atoms with E-state index in [9.17, 15) is 49.1 Å². The number of aliphatic hydroxyl groups is 1. The minimum absolute atomic E-state index is 0.163. The van der Waals surface area contributed by atoms with E-state index in [1.807, 2.05) is 0 Å². The second-order valence-corrected chi connectivity index (χ2v) is 10.1. The molecular formula is C21H18F7NO5S. The van der Waals surface area contributed by atoms with E-state index in [0.717, 1.165) is 48.4 Å². The maximum atomic E-state index is 13.6. The van der Waals surface area contributed by atoms with Gasteiger partial charge in [-0.25, -0.2) is 17.6 Å². The van der Waals surface area contributed by atoms with Crippen LogP contribution in [0.5, 0.6) is 0 Å². The fourth-order valence-electron chi connectivity index (χ4n) is 4.02. The standard InChI is InChI=1S/C21H18F7NO5S/c1-34-17(30)29-11-10-18(12-29,35(32,33)16-8-6-15(22)7-9-16)13-2-4-14(5-3-13)19(31,20(23,24)25)21(26,27)28/h2-9,31H,10-12H2,1H3. The first-order valence-corrected chi connectivity index (χ1v) is 11.3. The van der Waals surface area contributed by atoms with Crippen molar-refractivity contribution in [3.05, 3.63) is 65.5 Å². The highest BCUT2D eigenvalue weighted by Crippen LogP contribution is 2.51. The Labute approximate surface area is 194 Å². The molecule has 1 saturated heterocycles. The Morgan fingerprint density at radius 2 is 1.49 bits per heavy atom. The van der Waals surface area contributed by atoms with E-state index >= 15 is 0 Å². The predicted molar refractivity (Wildman–Crippen MR) is 106 cm³/mol. The molecule has 1 amide bonds. The largest absolute Gasteiger partial charge is 0.453 e. The lowest BCUT2D eigenvalue weighted by Gasteiger charge is -2.34. The number of ether oxygens (including phenoxy) is 1. The summed E-state index contributed by atoms with van der Waals surface area (Å²) in [6, 6.07) is 5.74. The molecule has 1 aliphatic heterocycles. The minimum atomic E-state index is -6.13. The lowest BCUT2D eigenvalue weighted by atomic mass is 9.89. The first-order valence-electron chi connectivity index (χ1n) is 9.81. The van der Waals surface area contributed by atoms with Crippen LogP contribution in [0.2, 0.25) is 0 Å². The predicted octanol–water partition coefficient (Wildman–Crippen LogP) is 4.28. The molecule has 2 aromatic rings. The molecule has 192 valence electrons. The Kier molecular flexibility index (Phi) is 6.61. The maximum Gasteiger partial charge on any atom is 0.430 e. The van der Waals surface area contributed by atoms with Crippen molar-refractivity contribution in [3.63, 3.8) is 0 Å². The Morgan fingerprint density at radius 3 is 1.94 bits per heavy atom. The zero-order valence-corrected chi connectivity index (χ0v) is 18.6. The van der Waals surface area contributed by atoms with Gasteiger partial charge in [0, 0.05) is 18.7 Å². The molecule has 1 heterocycles. The molecule has 1 fully saturated rings. The second kappa shape index (κ2) is 8.66. The Hall–Kier alpha value is -2.87. The molecule has 2 aromatic carbocycles. The first kappa shape index (κ1) is 26.7. The summed E-state index contributed by atoms with van der Waals surface area (Å²) >= 11 is 0. The van der Waals surface area contributed by atoms with Gasteiger partial charge in [-0.3, -0.25) is 0 Å². The summed E-state index contributed by atoms with van der Waals surface area (Å²) < 4.78 is 123. The van der Waals surface area contributed by atoms with E-state index in [4.69, 9.17) is 0 Å². The van der Waals surface area contributed by atoms with Crippen LogP contribution in [-0.4, -0.2) is 57.1 Å². The Morgan fingerprint density at radius 1 is 0.971 bits per heavy atom. The topological polar surface area (TPSA) is 83.9 Å². The molecule has 0 saturated carbocycles. The number of hydrogen-bond donors (Lipinski definition) is 1. The van der Waals surface area contributed by atoms with Crippen molar-refractivity contribution in [2.45, 2.75) is 34.0 Å².